The highest BCUT2D eigenvalue weighted by Crippen LogP contribution is 2.23. The Morgan fingerprint density at radius 3 is 2.80 bits per heavy atom. The third-order valence-electron chi connectivity index (χ3n) is 2.71. The Hall–Kier alpha value is -2.76. The van der Waals surface area contributed by atoms with Crippen LogP contribution in [0.1, 0.15) is 0 Å². The summed E-state index contributed by atoms with van der Waals surface area (Å²) in [5, 5.41) is 3.01. The zero-order valence-electron chi connectivity index (χ0n) is 10.7. The van der Waals surface area contributed by atoms with E-state index in [-0.39, 0.29) is 5.82 Å². The van der Waals surface area contributed by atoms with E-state index >= 15 is 0 Å². The van der Waals surface area contributed by atoms with E-state index in [1.165, 1.54) is 19.2 Å². The molecule has 0 spiro atoms. The fourth-order valence-corrected chi connectivity index (χ4v) is 1.82. The topological polar surface area (TPSA) is 59.9 Å². The van der Waals surface area contributed by atoms with Gasteiger partial charge in [0.2, 0.25) is 0 Å². The normalized spacial score (nSPS) is 10.5. The highest BCUT2D eigenvalue weighted by Gasteiger charge is 2.04. The summed E-state index contributed by atoms with van der Waals surface area (Å²) in [5.41, 5.74) is 1.79. The first-order valence-corrected chi connectivity index (χ1v) is 5.94. The summed E-state index contributed by atoms with van der Waals surface area (Å²) in [6.07, 6.45) is 3.18. The second-order valence-corrected chi connectivity index (χ2v) is 4.10. The molecule has 0 saturated heterocycles. The lowest BCUT2D eigenvalue weighted by Gasteiger charge is -2.08. The number of pyridine rings is 1. The molecule has 2 aromatic heterocycles. The van der Waals surface area contributed by atoms with Gasteiger partial charge in [-0.05, 0) is 18.2 Å². The highest BCUT2D eigenvalue weighted by atomic mass is 19.1. The van der Waals surface area contributed by atoms with Crippen molar-refractivity contribution >= 4 is 22.7 Å². The SMILES string of the molecule is COc1cc(F)cc(Nc2ccc3nccnc3n2)c1. The molecule has 0 fully saturated rings. The molecule has 1 N–H and O–H groups in total. The molecule has 1 aromatic carbocycles. The predicted octanol–water partition coefficient (Wildman–Crippen LogP) is 2.92. The molecule has 2 heterocycles. The van der Waals surface area contributed by atoms with Crippen molar-refractivity contribution in [1.29, 1.82) is 0 Å². The number of fused-ring (bicyclic) bond motifs is 1. The van der Waals surface area contributed by atoms with Crippen molar-refractivity contribution in [2.75, 3.05) is 12.4 Å². The van der Waals surface area contributed by atoms with Gasteiger partial charge in [0, 0.05) is 30.2 Å². The summed E-state index contributed by atoms with van der Waals surface area (Å²) < 4.78 is 18.4. The standard InChI is InChI=1S/C14H11FN4O/c1-20-11-7-9(15)6-10(8-11)18-13-3-2-12-14(19-13)17-5-4-16-12/h2-8H,1H3,(H,17,18,19). The van der Waals surface area contributed by atoms with Crippen molar-refractivity contribution in [3.63, 3.8) is 0 Å². The van der Waals surface area contributed by atoms with Gasteiger partial charge in [-0.25, -0.2) is 14.4 Å². The molecule has 0 unspecified atom stereocenters. The van der Waals surface area contributed by atoms with Crippen LogP contribution in [0, 0.1) is 5.82 Å². The van der Waals surface area contributed by atoms with Crippen LogP contribution in [0.15, 0.2) is 42.7 Å². The van der Waals surface area contributed by atoms with Gasteiger partial charge in [-0.15, -0.1) is 0 Å². The summed E-state index contributed by atoms with van der Waals surface area (Å²) >= 11 is 0. The quantitative estimate of drug-likeness (QED) is 0.793. The first kappa shape index (κ1) is 12.3. The van der Waals surface area contributed by atoms with E-state index in [4.69, 9.17) is 4.74 Å². The van der Waals surface area contributed by atoms with Crippen LogP contribution in [-0.4, -0.2) is 22.1 Å². The molecule has 5 nitrogen and oxygen atoms in total. The minimum Gasteiger partial charge on any atom is -0.497 e. The van der Waals surface area contributed by atoms with E-state index in [2.05, 4.69) is 20.3 Å². The molecule has 3 aromatic rings. The van der Waals surface area contributed by atoms with Crippen LogP contribution in [-0.2, 0) is 0 Å². The van der Waals surface area contributed by atoms with E-state index in [1.54, 1.807) is 30.6 Å². The Morgan fingerprint density at radius 1 is 1.10 bits per heavy atom. The summed E-state index contributed by atoms with van der Waals surface area (Å²) in [5.74, 6) is 0.617. The van der Waals surface area contributed by atoms with Gasteiger partial charge in [-0.1, -0.05) is 0 Å². The summed E-state index contributed by atoms with van der Waals surface area (Å²) in [4.78, 5) is 12.6. The molecule has 0 aliphatic carbocycles. The zero-order chi connectivity index (χ0) is 13.9. The maximum atomic E-state index is 13.4. The summed E-state index contributed by atoms with van der Waals surface area (Å²) in [6, 6.07) is 7.92. The Bertz CT molecular complexity index is 763. The minimum atomic E-state index is -0.382. The molecular formula is C14H11FN4O. The van der Waals surface area contributed by atoms with Crippen molar-refractivity contribution in [2.45, 2.75) is 0 Å². The number of nitrogens with one attached hydrogen (secondary N) is 1. The van der Waals surface area contributed by atoms with Crippen LogP contribution in [0.25, 0.3) is 11.2 Å². The lowest BCUT2D eigenvalue weighted by Crippen LogP contribution is -1.96. The molecular weight excluding hydrogens is 259 g/mol. The van der Waals surface area contributed by atoms with Crippen LogP contribution in [0.3, 0.4) is 0 Å². The zero-order valence-corrected chi connectivity index (χ0v) is 10.7. The second kappa shape index (κ2) is 5.08. The number of aromatic nitrogens is 3. The molecule has 0 radical (unpaired) electrons. The van der Waals surface area contributed by atoms with Crippen LogP contribution >= 0.6 is 0 Å². The molecule has 0 aliphatic heterocycles. The first-order chi connectivity index (χ1) is 9.74. The van der Waals surface area contributed by atoms with Crippen molar-refractivity contribution in [3.8, 4) is 5.75 Å². The van der Waals surface area contributed by atoms with E-state index in [0.29, 0.717) is 28.4 Å². The number of methoxy groups -OCH3 is 1. The average Bonchev–Trinajstić information content (AvgIpc) is 2.46. The fraction of sp³-hybridized carbons (Fsp3) is 0.0714. The van der Waals surface area contributed by atoms with Gasteiger partial charge in [0.25, 0.3) is 0 Å². The average molecular weight is 270 g/mol. The van der Waals surface area contributed by atoms with Gasteiger partial charge >= 0.3 is 0 Å². The van der Waals surface area contributed by atoms with Gasteiger partial charge in [0.15, 0.2) is 5.65 Å². The summed E-state index contributed by atoms with van der Waals surface area (Å²) in [7, 11) is 1.49. The number of halogens is 1. The largest absolute Gasteiger partial charge is 0.497 e. The molecule has 100 valence electrons. The molecule has 0 saturated carbocycles. The molecule has 0 aliphatic rings. The van der Waals surface area contributed by atoms with Crippen LogP contribution in [0.4, 0.5) is 15.9 Å². The van der Waals surface area contributed by atoms with Crippen LogP contribution in [0.5, 0.6) is 5.75 Å². The molecule has 0 amide bonds. The molecule has 6 heteroatoms. The third kappa shape index (κ3) is 2.49. The number of anilines is 2. The number of ether oxygens (including phenoxy) is 1. The van der Waals surface area contributed by atoms with Crippen molar-refractivity contribution in [3.05, 3.63) is 48.5 Å². The van der Waals surface area contributed by atoms with Gasteiger partial charge < -0.3 is 10.1 Å². The monoisotopic (exact) mass is 270 g/mol. The first-order valence-electron chi connectivity index (χ1n) is 5.94. The number of hydrogen-bond donors (Lipinski definition) is 1. The van der Waals surface area contributed by atoms with Crippen molar-refractivity contribution in [1.82, 2.24) is 15.0 Å². The number of hydrogen-bond acceptors (Lipinski definition) is 5. The van der Waals surface area contributed by atoms with E-state index in [0.717, 1.165) is 0 Å². The molecule has 3 rings (SSSR count). The Morgan fingerprint density at radius 2 is 1.95 bits per heavy atom. The van der Waals surface area contributed by atoms with Gasteiger partial charge in [0.05, 0.1) is 7.11 Å². The Balaban J connectivity index is 1.94. The van der Waals surface area contributed by atoms with E-state index in [1.807, 2.05) is 0 Å². The lowest BCUT2D eigenvalue weighted by molar-refractivity contribution is 0.411. The minimum absolute atomic E-state index is 0.382. The maximum absolute atomic E-state index is 13.4. The Kier molecular flexibility index (Phi) is 3.12. The number of nitrogens with zero attached hydrogens (tertiary/aromatic N) is 3. The van der Waals surface area contributed by atoms with Gasteiger partial charge in [-0.2, -0.15) is 0 Å². The van der Waals surface area contributed by atoms with Gasteiger partial charge in [-0.3, -0.25) is 4.98 Å². The lowest BCUT2D eigenvalue weighted by atomic mass is 10.3. The molecule has 0 atom stereocenters. The van der Waals surface area contributed by atoms with Crippen molar-refractivity contribution < 1.29 is 9.13 Å². The van der Waals surface area contributed by atoms with Gasteiger partial charge in [0.1, 0.15) is 22.9 Å². The van der Waals surface area contributed by atoms with Crippen LogP contribution in [0.2, 0.25) is 0 Å². The van der Waals surface area contributed by atoms with Crippen LogP contribution < -0.4 is 10.1 Å². The smallest absolute Gasteiger partial charge is 0.180 e. The molecule has 20 heavy (non-hydrogen) atoms. The fourth-order valence-electron chi connectivity index (χ4n) is 1.82. The molecule has 0 bridgehead atoms. The predicted molar refractivity (Wildman–Crippen MR) is 73.6 cm³/mol. The van der Waals surface area contributed by atoms with E-state index < -0.39 is 0 Å². The maximum Gasteiger partial charge on any atom is 0.180 e. The Labute approximate surface area is 114 Å². The second-order valence-electron chi connectivity index (χ2n) is 4.10. The third-order valence-corrected chi connectivity index (χ3v) is 2.71. The van der Waals surface area contributed by atoms with Crippen molar-refractivity contribution in [2.24, 2.45) is 0 Å². The van der Waals surface area contributed by atoms with E-state index in [9.17, 15) is 4.39 Å². The number of rotatable bonds is 3. The number of benzene rings is 1. The highest BCUT2D eigenvalue weighted by molar-refractivity contribution is 5.73. The summed E-state index contributed by atoms with van der Waals surface area (Å²) in [6.45, 7) is 0.